The van der Waals surface area contributed by atoms with Gasteiger partial charge in [0.25, 0.3) is 15.2 Å². The van der Waals surface area contributed by atoms with Gasteiger partial charge in [0, 0.05) is 20.2 Å². The van der Waals surface area contributed by atoms with E-state index in [1.54, 1.807) is 0 Å². The van der Waals surface area contributed by atoms with Gasteiger partial charge in [0.15, 0.2) is 5.82 Å². The van der Waals surface area contributed by atoms with Gasteiger partial charge in [-0.2, -0.15) is 0 Å². The number of hydrogen-bond donors (Lipinski definition) is 1. The van der Waals surface area contributed by atoms with E-state index >= 15 is 0 Å². The summed E-state index contributed by atoms with van der Waals surface area (Å²) in [6, 6.07) is 5.68. The van der Waals surface area contributed by atoms with Gasteiger partial charge < -0.3 is 0 Å². The summed E-state index contributed by atoms with van der Waals surface area (Å²) in [5.41, 5.74) is 0.805. The molecule has 9 heteroatoms. The summed E-state index contributed by atoms with van der Waals surface area (Å²) >= 11 is 5.54. The van der Waals surface area contributed by atoms with E-state index in [2.05, 4.69) is 48.7 Å². The van der Waals surface area contributed by atoms with E-state index in [0.717, 1.165) is 13.6 Å². The highest BCUT2D eigenvalue weighted by molar-refractivity contribution is 14.1. The number of halogens is 2. The van der Waals surface area contributed by atoms with Crippen molar-refractivity contribution < 1.29 is 8.42 Å². The minimum Gasteiger partial charge on any atom is -0.297 e. The molecule has 2 N–H and O–H groups in total. The topological polar surface area (TPSA) is 90.9 Å². The first-order valence-corrected chi connectivity index (χ1v) is 8.67. The summed E-state index contributed by atoms with van der Waals surface area (Å²) in [5.74, 6) is 0.484. The average molecular weight is 457 g/mol. The molecule has 0 radical (unpaired) electrons. The Morgan fingerprint density at radius 1 is 1.42 bits per heavy atom. The van der Waals surface area contributed by atoms with Crippen molar-refractivity contribution in [3.8, 4) is 11.4 Å². The zero-order chi connectivity index (χ0) is 14.2. The fourth-order valence-corrected chi connectivity index (χ4v) is 3.27. The van der Waals surface area contributed by atoms with Crippen molar-refractivity contribution in [2.24, 2.45) is 5.14 Å². The predicted octanol–water partition coefficient (Wildman–Crippen LogP) is 1.98. The second kappa shape index (κ2) is 5.46. The highest BCUT2D eigenvalue weighted by Gasteiger charge is 2.22. The summed E-state index contributed by atoms with van der Waals surface area (Å²) in [7, 11) is -3.88. The van der Waals surface area contributed by atoms with Gasteiger partial charge in [0.1, 0.15) is 0 Å². The maximum atomic E-state index is 11.5. The Hall–Kier alpha value is -0.520. The second-order valence-electron chi connectivity index (χ2n) is 3.72. The van der Waals surface area contributed by atoms with Crippen LogP contribution < -0.4 is 5.14 Å². The van der Waals surface area contributed by atoms with Crippen LogP contribution in [0.25, 0.3) is 11.4 Å². The summed E-state index contributed by atoms with van der Waals surface area (Å²) in [6.45, 7) is 2.23. The van der Waals surface area contributed by atoms with Crippen molar-refractivity contribution in [2.45, 2.75) is 18.6 Å². The monoisotopic (exact) mass is 456 g/mol. The first-order chi connectivity index (χ1) is 8.84. The smallest absolute Gasteiger partial charge is 0.273 e. The molecular weight excluding hydrogens is 447 g/mol. The van der Waals surface area contributed by atoms with Gasteiger partial charge in [-0.05, 0) is 47.7 Å². The zero-order valence-corrected chi connectivity index (χ0v) is 14.4. The molecule has 6 nitrogen and oxygen atoms in total. The molecule has 1 heterocycles. The van der Waals surface area contributed by atoms with Crippen LogP contribution in [0.15, 0.2) is 27.8 Å². The van der Waals surface area contributed by atoms with E-state index in [-0.39, 0.29) is 5.16 Å². The second-order valence-corrected chi connectivity index (χ2v) is 7.25. The molecule has 0 aliphatic heterocycles. The maximum Gasteiger partial charge on any atom is 0.273 e. The molecule has 0 aliphatic carbocycles. The maximum absolute atomic E-state index is 11.5. The molecule has 0 fully saturated rings. The molecule has 0 spiro atoms. The van der Waals surface area contributed by atoms with Crippen LogP contribution in [-0.4, -0.2) is 23.2 Å². The highest BCUT2D eigenvalue weighted by Crippen LogP contribution is 2.28. The quantitative estimate of drug-likeness (QED) is 0.715. The molecule has 0 unspecified atom stereocenters. The molecule has 0 bridgehead atoms. The standard InChI is InChI=1S/C10H10BrIN4O2S/c1-2-16-9(14-15-10(16)19(13,17)18)7-5-6(11)3-4-8(7)12/h3-5H,2H2,1H3,(H2,13,17,18). The number of nitrogens with zero attached hydrogens (tertiary/aromatic N) is 3. The molecule has 2 rings (SSSR count). The van der Waals surface area contributed by atoms with Gasteiger partial charge in [-0.15, -0.1) is 10.2 Å². The highest BCUT2D eigenvalue weighted by atomic mass is 127. The Morgan fingerprint density at radius 3 is 2.68 bits per heavy atom. The number of benzene rings is 1. The van der Waals surface area contributed by atoms with Crippen LogP contribution in [0.4, 0.5) is 0 Å². The SMILES string of the molecule is CCn1c(-c2cc(Br)ccc2I)nnc1S(N)(=O)=O. The van der Waals surface area contributed by atoms with E-state index in [1.807, 2.05) is 25.1 Å². The lowest BCUT2D eigenvalue weighted by atomic mass is 10.2. The van der Waals surface area contributed by atoms with Gasteiger partial charge in [-0.25, -0.2) is 13.6 Å². The lowest BCUT2D eigenvalue weighted by Gasteiger charge is -2.08. The molecular formula is C10H10BrIN4O2S. The molecule has 1 aromatic carbocycles. The minimum absolute atomic E-state index is 0.222. The molecule has 0 saturated heterocycles. The van der Waals surface area contributed by atoms with Gasteiger partial charge in [0.2, 0.25) is 0 Å². The average Bonchev–Trinajstić information content (AvgIpc) is 2.75. The number of nitrogens with two attached hydrogens (primary N) is 1. The van der Waals surface area contributed by atoms with Crippen molar-refractivity contribution in [1.82, 2.24) is 14.8 Å². The van der Waals surface area contributed by atoms with Crippen LogP contribution in [0.5, 0.6) is 0 Å². The first-order valence-electron chi connectivity index (χ1n) is 5.26. The minimum atomic E-state index is -3.88. The number of hydrogen-bond acceptors (Lipinski definition) is 4. The van der Waals surface area contributed by atoms with Crippen LogP contribution in [0.1, 0.15) is 6.92 Å². The van der Waals surface area contributed by atoms with E-state index in [1.165, 1.54) is 4.57 Å². The van der Waals surface area contributed by atoms with Crippen molar-refractivity contribution >= 4 is 48.5 Å². The zero-order valence-electron chi connectivity index (χ0n) is 9.84. The Labute approximate surface area is 132 Å². The van der Waals surface area contributed by atoms with Crippen molar-refractivity contribution in [3.63, 3.8) is 0 Å². The number of sulfonamides is 1. The van der Waals surface area contributed by atoms with E-state index < -0.39 is 10.0 Å². The van der Waals surface area contributed by atoms with Crippen molar-refractivity contribution in [3.05, 3.63) is 26.2 Å². The van der Waals surface area contributed by atoms with Gasteiger partial charge >= 0.3 is 0 Å². The lowest BCUT2D eigenvalue weighted by Crippen LogP contribution is -2.18. The predicted molar refractivity (Wildman–Crippen MR) is 82.9 cm³/mol. The Kier molecular flexibility index (Phi) is 4.28. The Bertz CT molecular complexity index is 729. The third kappa shape index (κ3) is 2.98. The largest absolute Gasteiger partial charge is 0.297 e. The number of rotatable bonds is 3. The van der Waals surface area contributed by atoms with Crippen LogP contribution >= 0.6 is 38.5 Å². The van der Waals surface area contributed by atoms with Crippen LogP contribution in [0.2, 0.25) is 0 Å². The molecule has 0 saturated carbocycles. The molecule has 0 aliphatic rings. The summed E-state index contributed by atoms with van der Waals surface area (Å²) in [5, 5.41) is 12.5. The van der Waals surface area contributed by atoms with Crippen LogP contribution in [0.3, 0.4) is 0 Å². The normalized spacial score (nSPS) is 11.8. The number of aromatic nitrogens is 3. The molecule has 0 atom stereocenters. The van der Waals surface area contributed by atoms with Gasteiger partial charge in [0.05, 0.1) is 0 Å². The Balaban J connectivity index is 2.70. The summed E-state index contributed by atoms with van der Waals surface area (Å²) in [6.07, 6.45) is 0. The van der Waals surface area contributed by atoms with Crippen LogP contribution in [0, 0.1) is 3.57 Å². The number of primary sulfonamides is 1. The Morgan fingerprint density at radius 2 is 2.11 bits per heavy atom. The fourth-order valence-electron chi connectivity index (χ4n) is 1.65. The molecule has 1 aromatic heterocycles. The fraction of sp³-hybridized carbons (Fsp3) is 0.200. The molecule has 2 aromatic rings. The van der Waals surface area contributed by atoms with Gasteiger partial charge in [-0.1, -0.05) is 15.9 Å². The third-order valence-electron chi connectivity index (χ3n) is 2.46. The lowest BCUT2D eigenvalue weighted by molar-refractivity contribution is 0.571. The van der Waals surface area contributed by atoms with Crippen molar-refractivity contribution in [2.75, 3.05) is 0 Å². The summed E-state index contributed by atoms with van der Waals surface area (Å²) < 4.78 is 26.2. The van der Waals surface area contributed by atoms with Crippen molar-refractivity contribution in [1.29, 1.82) is 0 Å². The summed E-state index contributed by atoms with van der Waals surface area (Å²) in [4.78, 5) is 0. The van der Waals surface area contributed by atoms with Gasteiger partial charge in [-0.3, -0.25) is 4.57 Å². The first kappa shape index (κ1) is 14.9. The molecule has 102 valence electrons. The van der Waals surface area contributed by atoms with E-state index in [9.17, 15) is 8.42 Å². The van der Waals surface area contributed by atoms with E-state index in [0.29, 0.717) is 12.4 Å². The third-order valence-corrected chi connectivity index (χ3v) is 4.70. The van der Waals surface area contributed by atoms with Crippen LogP contribution in [-0.2, 0) is 16.6 Å². The molecule has 0 amide bonds. The molecule has 19 heavy (non-hydrogen) atoms. The van der Waals surface area contributed by atoms with E-state index in [4.69, 9.17) is 5.14 Å².